The number of nitrogen functional groups attached to an aromatic ring is 1. The first-order valence-electron chi connectivity index (χ1n) is 11.1. The van der Waals surface area contributed by atoms with E-state index < -0.39 is 0 Å². The Hall–Kier alpha value is -4.38. The van der Waals surface area contributed by atoms with Gasteiger partial charge in [0, 0.05) is 36.8 Å². The van der Waals surface area contributed by atoms with Gasteiger partial charge in [-0.2, -0.15) is 0 Å². The Morgan fingerprint density at radius 1 is 1.21 bits per heavy atom. The Kier molecular flexibility index (Phi) is 5.83. The monoisotopic (exact) mass is 452 g/mol. The zero-order valence-corrected chi connectivity index (χ0v) is 18.8. The number of ether oxygens (including phenoxy) is 1. The van der Waals surface area contributed by atoms with Crippen molar-refractivity contribution in [2.75, 3.05) is 12.3 Å². The van der Waals surface area contributed by atoms with Crippen molar-refractivity contribution in [2.45, 2.75) is 32.4 Å². The fraction of sp³-hybridized carbons (Fsp3) is 0.231. The molecule has 0 unspecified atom stereocenters. The van der Waals surface area contributed by atoms with Crippen LogP contribution in [0.15, 0.2) is 61.1 Å². The fourth-order valence-electron chi connectivity index (χ4n) is 4.32. The maximum Gasteiger partial charge on any atom is 0.299 e. The smallest absolute Gasteiger partial charge is 0.299 e. The van der Waals surface area contributed by atoms with Crippen LogP contribution in [-0.2, 0) is 11.4 Å². The predicted octanol–water partition coefficient (Wildman–Crippen LogP) is 3.64. The predicted molar refractivity (Wildman–Crippen MR) is 129 cm³/mol. The lowest BCUT2D eigenvalue weighted by Crippen LogP contribution is -2.30. The van der Waals surface area contributed by atoms with Crippen LogP contribution in [0, 0.1) is 11.8 Å². The highest BCUT2D eigenvalue weighted by Crippen LogP contribution is 2.36. The van der Waals surface area contributed by atoms with Gasteiger partial charge < -0.3 is 15.4 Å². The number of nitrogens with two attached hydrogens (primary N) is 1. The molecule has 1 fully saturated rings. The second-order valence-electron chi connectivity index (χ2n) is 8.04. The Labute approximate surface area is 197 Å². The molecule has 4 heterocycles. The summed E-state index contributed by atoms with van der Waals surface area (Å²) in [5.74, 6) is 6.80. The maximum atomic E-state index is 12.6. The van der Waals surface area contributed by atoms with E-state index in [-0.39, 0.29) is 11.9 Å². The van der Waals surface area contributed by atoms with Crippen LogP contribution >= 0.6 is 0 Å². The zero-order chi connectivity index (χ0) is 23.5. The summed E-state index contributed by atoms with van der Waals surface area (Å²) in [5, 5.41) is 0. The van der Waals surface area contributed by atoms with E-state index in [0.717, 1.165) is 29.8 Å². The summed E-state index contributed by atoms with van der Waals surface area (Å²) in [5.41, 5.74) is 9.49. The number of benzene rings is 1. The van der Waals surface area contributed by atoms with Crippen LogP contribution in [0.1, 0.15) is 37.2 Å². The maximum absolute atomic E-state index is 12.6. The molecule has 1 atom stereocenters. The number of aromatic nitrogens is 4. The molecule has 170 valence electrons. The average molecular weight is 453 g/mol. The van der Waals surface area contributed by atoms with Gasteiger partial charge >= 0.3 is 0 Å². The summed E-state index contributed by atoms with van der Waals surface area (Å²) in [6.07, 6.45) is 6.89. The van der Waals surface area contributed by atoms with Crippen molar-refractivity contribution >= 4 is 17.2 Å². The first-order chi connectivity index (χ1) is 16.7. The standard InChI is InChI=1S/C26H24N6O2/c1-2-7-22(33)31-14-6-10-20(31)26-30-23(24-25(27)28-13-15-32(24)26)19-11-12-21(29-16-19)34-17-18-8-4-3-5-9-18/h3-5,8-9,11-13,15-16,20H,6,10,14,17H2,1H3,(H2,27,28)/t20-/m0/s1. The molecule has 1 amide bonds. The number of nitrogens with zero attached hydrogens (tertiary/aromatic N) is 5. The Morgan fingerprint density at radius 2 is 2.06 bits per heavy atom. The number of rotatable bonds is 5. The van der Waals surface area contributed by atoms with Gasteiger partial charge in [-0.25, -0.2) is 15.0 Å². The number of hydrogen-bond donors (Lipinski definition) is 1. The van der Waals surface area contributed by atoms with E-state index in [1.807, 2.05) is 53.1 Å². The minimum Gasteiger partial charge on any atom is -0.473 e. The van der Waals surface area contributed by atoms with Gasteiger partial charge in [-0.15, -0.1) is 0 Å². The van der Waals surface area contributed by atoms with Gasteiger partial charge in [-0.05, 0) is 37.3 Å². The van der Waals surface area contributed by atoms with Crippen LogP contribution in [-0.4, -0.2) is 36.7 Å². The molecule has 0 spiro atoms. The molecule has 0 radical (unpaired) electrons. The molecule has 2 N–H and O–H groups in total. The van der Waals surface area contributed by atoms with Crippen molar-refractivity contribution in [3.63, 3.8) is 0 Å². The van der Waals surface area contributed by atoms with E-state index in [0.29, 0.717) is 36.1 Å². The van der Waals surface area contributed by atoms with E-state index in [9.17, 15) is 4.79 Å². The van der Waals surface area contributed by atoms with Gasteiger partial charge in [0.15, 0.2) is 0 Å². The minimum atomic E-state index is -0.188. The third kappa shape index (κ3) is 4.04. The lowest BCUT2D eigenvalue weighted by molar-refractivity contribution is -0.126. The third-order valence-electron chi connectivity index (χ3n) is 5.89. The van der Waals surface area contributed by atoms with Crippen LogP contribution in [0.3, 0.4) is 0 Å². The number of carbonyl (C=O) groups excluding carboxylic acids is 1. The van der Waals surface area contributed by atoms with Crippen LogP contribution in [0.2, 0.25) is 0 Å². The quantitative estimate of drug-likeness (QED) is 0.464. The van der Waals surface area contributed by atoms with Crippen molar-refractivity contribution in [3.05, 3.63) is 72.4 Å². The number of imidazole rings is 1. The molecule has 0 bridgehead atoms. The van der Waals surface area contributed by atoms with Crippen LogP contribution < -0.4 is 10.5 Å². The number of amides is 1. The van der Waals surface area contributed by atoms with Gasteiger partial charge in [0.25, 0.3) is 5.91 Å². The normalized spacial score (nSPS) is 15.2. The summed E-state index contributed by atoms with van der Waals surface area (Å²) in [6, 6.07) is 13.5. The molecule has 8 heteroatoms. The Bertz CT molecular complexity index is 1390. The molecule has 4 aromatic rings. The minimum absolute atomic E-state index is 0.183. The van der Waals surface area contributed by atoms with Crippen LogP contribution in [0.5, 0.6) is 5.88 Å². The lowest BCUT2D eigenvalue weighted by Gasteiger charge is -2.21. The summed E-state index contributed by atoms with van der Waals surface area (Å²) in [6.45, 7) is 2.75. The van der Waals surface area contributed by atoms with Crippen molar-refractivity contribution in [1.82, 2.24) is 24.3 Å². The number of pyridine rings is 1. The van der Waals surface area contributed by atoms with E-state index >= 15 is 0 Å². The van der Waals surface area contributed by atoms with Crippen molar-refractivity contribution in [3.8, 4) is 29.0 Å². The summed E-state index contributed by atoms with van der Waals surface area (Å²) in [7, 11) is 0. The van der Waals surface area contributed by atoms with Crippen LogP contribution in [0.4, 0.5) is 5.82 Å². The number of anilines is 1. The second kappa shape index (κ2) is 9.24. The lowest BCUT2D eigenvalue weighted by atomic mass is 10.2. The van der Waals surface area contributed by atoms with Gasteiger partial charge in [0.2, 0.25) is 5.88 Å². The highest BCUT2D eigenvalue weighted by atomic mass is 16.5. The summed E-state index contributed by atoms with van der Waals surface area (Å²) < 4.78 is 7.74. The van der Waals surface area contributed by atoms with Gasteiger partial charge in [0.1, 0.15) is 29.5 Å². The number of likely N-dealkylation sites (tertiary alicyclic amines) is 1. The molecule has 5 rings (SSSR count). The molecular formula is C26H24N6O2. The molecule has 3 aromatic heterocycles. The van der Waals surface area contributed by atoms with E-state index in [2.05, 4.69) is 21.8 Å². The number of carbonyl (C=O) groups is 1. The first-order valence-corrected chi connectivity index (χ1v) is 11.1. The highest BCUT2D eigenvalue weighted by molar-refractivity contribution is 5.94. The van der Waals surface area contributed by atoms with E-state index in [1.165, 1.54) is 0 Å². The molecule has 1 aromatic carbocycles. The van der Waals surface area contributed by atoms with Gasteiger partial charge in [0.05, 0.1) is 6.04 Å². The SMILES string of the molecule is CC#CC(=O)N1CCC[C@H]1c1nc(-c2ccc(OCc3ccccc3)nc2)c2c(N)nccn12. The van der Waals surface area contributed by atoms with Gasteiger partial charge in [-0.1, -0.05) is 36.3 Å². The molecule has 1 aliphatic rings. The second-order valence-corrected chi connectivity index (χ2v) is 8.04. The Morgan fingerprint density at radius 3 is 2.82 bits per heavy atom. The zero-order valence-electron chi connectivity index (χ0n) is 18.8. The molecule has 1 saturated heterocycles. The number of fused-ring (bicyclic) bond motifs is 1. The molecule has 8 nitrogen and oxygen atoms in total. The molecule has 0 saturated carbocycles. The average Bonchev–Trinajstić information content (AvgIpc) is 3.50. The topological polar surface area (TPSA) is 98.6 Å². The van der Waals surface area contributed by atoms with Crippen molar-refractivity contribution in [1.29, 1.82) is 0 Å². The number of hydrogen-bond acceptors (Lipinski definition) is 6. The Balaban J connectivity index is 1.48. The van der Waals surface area contributed by atoms with Gasteiger partial charge in [-0.3, -0.25) is 9.20 Å². The molecule has 34 heavy (non-hydrogen) atoms. The van der Waals surface area contributed by atoms with Crippen LogP contribution in [0.25, 0.3) is 16.8 Å². The third-order valence-corrected chi connectivity index (χ3v) is 5.89. The first kappa shape index (κ1) is 21.5. The summed E-state index contributed by atoms with van der Waals surface area (Å²) in [4.78, 5) is 28.0. The molecule has 0 aliphatic carbocycles. The summed E-state index contributed by atoms with van der Waals surface area (Å²) >= 11 is 0. The van der Waals surface area contributed by atoms with E-state index in [1.54, 1.807) is 24.2 Å². The van der Waals surface area contributed by atoms with Crippen molar-refractivity contribution < 1.29 is 9.53 Å². The molecular weight excluding hydrogens is 428 g/mol. The van der Waals surface area contributed by atoms with Crippen molar-refractivity contribution in [2.24, 2.45) is 0 Å². The highest BCUT2D eigenvalue weighted by Gasteiger charge is 2.33. The largest absolute Gasteiger partial charge is 0.473 e. The van der Waals surface area contributed by atoms with E-state index in [4.69, 9.17) is 15.5 Å². The molecule has 1 aliphatic heterocycles. The fourth-order valence-corrected chi connectivity index (χ4v) is 4.32.